The van der Waals surface area contributed by atoms with Crippen LogP contribution in [-0.4, -0.2) is 24.5 Å². The van der Waals surface area contributed by atoms with Gasteiger partial charge in [0, 0.05) is 37.3 Å². The number of ether oxygens (including phenoxy) is 1. The van der Waals surface area contributed by atoms with Gasteiger partial charge in [-0.15, -0.1) is 0 Å². The van der Waals surface area contributed by atoms with Crippen LogP contribution in [0.3, 0.4) is 0 Å². The van der Waals surface area contributed by atoms with Crippen molar-refractivity contribution in [2.75, 3.05) is 13.7 Å². The summed E-state index contributed by atoms with van der Waals surface area (Å²) in [6, 6.07) is 9.44. The average Bonchev–Trinajstić information content (AvgIpc) is 2.38. The van der Waals surface area contributed by atoms with Crippen LogP contribution in [0.1, 0.15) is 23.2 Å². The Balaban J connectivity index is 2.26. The van der Waals surface area contributed by atoms with Crippen molar-refractivity contribution in [2.45, 2.75) is 12.8 Å². The minimum atomic E-state index is 0.153. The lowest BCUT2D eigenvalue weighted by atomic mass is 10.0. The van der Waals surface area contributed by atoms with Gasteiger partial charge in [0.25, 0.3) is 0 Å². The first-order chi connectivity index (χ1) is 8.33. The molecule has 0 aliphatic rings. The molecule has 1 aromatic heterocycles. The fraction of sp³-hybridized carbons (Fsp3) is 0.286. The van der Waals surface area contributed by atoms with Gasteiger partial charge in [-0.2, -0.15) is 0 Å². The van der Waals surface area contributed by atoms with Crippen LogP contribution in [0.5, 0.6) is 0 Å². The monoisotopic (exact) mass is 229 g/mol. The van der Waals surface area contributed by atoms with E-state index in [9.17, 15) is 4.79 Å². The zero-order valence-corrected chi connectivity index (χ0v) is 9.85. The van der Waals surface area contributed by atoms with Crippen LogP contribution in [-0.2, 0) is 4.74 Å². The number of rotatable bonds is 5. The number of carbonyl (C=O) groups excluding carboxylic acids is 1. The zero-order valence-electron chi connectivity index (χ0n) is 9.85. The molecular formula is C14H15NO2. The Labute approximate surface area is 100 Å². The molecule has 1 heterocycles. The van der Waals surface area contributed by atoms with Crippen molar-refractivity contribution in [3.63, 3.8) is 0 Å². The summed E-state index contributed by atoms with van der Waals surface area (Å²) in [6.07, 6.45) is 3.01. The van der Waals surface area contributed by atoms with Gasteiger partial charge in [0.05, 0.1) is 5.52 Å². The molecule has 0 amide bonds. The second-order valence-electron chi connectivity index (χ2n) is 3.90. The van der Waals surface area contributed by atoms with Crippen LogP contribution < -0.4 is 0 Å². The van der Waals surface area contributed by atoms with Gasteiger partial charge < -0.3 is 4.74 Å². The predicted molar refractivity (Wildman–Crippen MR) is 67.2 cm³/mol. The molecule has 3 heteroatoms. The Morgan fingerprint density at radius 3 is 3.00 bits per heavy atom. The molecule has 2 rings (SSSR count). The van der Waals surface area contributed by atoms with Crippen molar-refractivity contribution < 1.29 is 9.53 Å². The van der Waals surface area contributed by atoms with E-state index in [4.69, 9.17) is 4.74 Å². The highest BCUT2D eigenvalue weighted by molar-refractivity contribution is 6.07. The Morgan fingerprint density at radius 2 is 2.18 bits per heavy atom. The molecule has 1 aromatic carbocycles. The highest BCUT2D eigenvalue weighted by Crippen LogP contribution is 2.18. The Morgan fingerprint density at radius 1 is 1.29 bits per heavy atom. The molecule has 0 N–H and O–H groups in total. The fourth-order valence-corrected chi connectivity index (χ4v) is 1.86. The molecule has 0 bridgehead atoms. The molecule has 0 saturated carbocycles. The topological polar surface area (TPSA) is 39.2 Å². The van der Waals surface area contributed by atoms with Crippen LogP contribution in [0, 0.1) is 0 Å². The van der Waals surface area contributed by atoms with Crippen LogP contribution >= 0.6 is 0 Å². The third kappa shape index (κ3) is 2.68. The third-order valence-corrected chi connectivity index (χ3v) is 2.70. The van der Waals surface area contributed by atoms with E-state index in [1.54, 1.807) is 13.3 Å². The smallest absolute Gasteiger partial charge is 0.163 e. The lowest BCUT2D eigenvalue weighted by molar-refractivity contribution is 0.0965. The van der Waals surface area contributed by atoms with Gasteiger partial charge >= 0.3 is 0 Å². The fourth-order valence-electron chi connectivity index (χ4n) is 1.86. The normalized spacial score (nSPS) is 10.6. The quantitative estimate of drug-likeness (QED) is 0.584. The first-order valence-corrected chi connectivity index (χ1v) is 5.69. The molecule has 0 saturated heterocycles. The number of benzene rings is 1. The van der Waals surface area contributed by atoms with E-state index < -0.39 is 0 Å². The van der Waals surface area contributed by atoms with E-state index in [1.807, 2.05) is 30.3 Å². The van der Waals surface area contributed by atoms with Gasteiger partial charge in [0.1, 0.15) is 0 Å². The predicted octanol–water partition coefficient (Wildman–Crippen LogP) is 2.84. The second-order valence-corrected chi connectivity index (χ2v) is 3.90. The summed E-state index contributed by atoms with van der Waals surface area (Å²) in [6.45, 7) is 0.620. The molecule has 17 heavy (non-hydrogen) atoms. The minimum Gasteiger partial charge on any atom is -0.385 e. The van der Waals surface area contributed by atoms with E-state index >= 15 is 0 Å². The van der Waals surface area contributed by atoms with E-state index in [1.165, 1.54) is 0 Å². The first kappa shape index (κ1) is 11.7. The van der Waals surface area contributed by atoms with Crippen molar-refractivity contribution >= 4 is 16.7 Å². The van der Waals surface area contributed by atoms with Crippen molar-refractivity contribution in [3.8, 4) is 0 Å². The van der Waals surface area contributed by atoms with Crippen molar-refractivity contribution in [3.05, 3.63) is 42.1 Å². The van der Waals surface area contributed by atoms with Crippen LogP contribution in [0.25, 0.3) is 10.9 Å². The molecule has 0 unspecified atom stereocenters. The Kier molecular flexibility index (Phi) is 3.83. The van der Waals surface area contributed by atoms with Crippen LogP contribution in [0.2, 0.25) is 0 Å². The Hall–Kier alpha value is -1.74. The summed E-state index contributed by atoms with van der Waals surface area (Å²) in [5.74, 6) is 0.153. The number of fused-ring (bicyclic) bond motifs is 1. The standard InChI is InChI=1S/C14H15NO2/c1-17-10-4-8-14(16)12-5-2-7-13-11(12)6-3-9-15-13/h2-3,5-7,9H,4,8,10H2,1H3. The molecule has 88 valence electrons. The molecule has 2 aromatic rings. The van der Waals surface area contributed by atoms with Crippen LogP contribution in [0.15, 0.2) is 36.5 Å². The zero-order chi connectivity index (χ0) is 12.1. The van der Waals surface area contributed by atoms with Crippen molar-refractivity contribution in [2.24, 2.45) is 0 Å². The summed E-state index contributed by atoms with van der Waals surface area (Å²) in [5, 5.41) is 0.928. The summed E-state index contributed by atoms with van der Waals surface area (Å²) >= 11 is 0. The Bertz CT molecular complexity index is 517. The highest BCUT2D eigenvalue weighted by atomic mass is 16.5. The highest BCUT2D eigenvalue weighted by Gasteiger charge is 2.09. The molecule has 0 fully saturated rings. The molecule has 3 nitrogen and oxygen atoms in total. The number of pyridine rings is 1. The first-order valence-electron chi connectivity index (χ1n) is 5.69. The number of carbonyl (C=O) groups is 1. The van der Waals surface area contributed by atoms with Crippen molar-refractivity contribution in [1.29, 1.82) is 0 Å². The second kappa shape index (κ2) is 5.55. The molecule has 0 aliphatic carbocycles. The van der Waals surface area contributed by atoms with E-state index in [2.05, 4.69) is 4.98 Å². The molecule has 0 radical (unpaired) electrons. The number of hydrogen-bond donors (Lipinski definition) is 0. The van der Waals surface area contributed by atoms with Gasteiger partial charge in [-0.3, -0.25) is 9.78 Å². The van der Waals surface area contributed by atoms with Gasteiger partial charge in [-0.1, -0.05) is 18.2 Å². The van der Waals surface area contributed by atoms with Gasteiger partial charge in [-0.25, -0.2) is 0 Å². The molecule has 0 aliphatic heterocycles. The average molecular weight is 229 g/mol. The summed E-state index contributed by atoms with van der Waals surface area (Å²) in [5.41, 5.74) is 1.62. The lowest BCUT2D eigenvalue weighted by Crippen LogP contribution is -2.02. The molecular weight excluding hydrogens is 214 g/mol. The minimum absolute atomic E-state index is 0.153. The summed E-state index contributed by atoms with van der Waals surface area (Å²) in [4.78, 5) is 16.3. The maximum atomic E-state index is 12.1. The lowest BCUT2D eigenvalue weighted by Gasteiger charge is -2.04. The summed E-state index contributed by atoms with van der Waals surface area (Å²) < 4.78 is 4.95. The van der Waals surface area contributed by atoms with Crippen molar-refractivity contribution in [1.82, 2.24) is 4.98 Å². The number of methoxy groups -OCH3 is 1. The van der Waals surface area contributed by atoms with E-state index in [0.717, 1.165) is 22.9 Å². The summed E-state index contributed by atoms with van der Waals surface area (Å²) in [7, 11) is 1.65. The number of ketones is 1. The molecule has 0 atom stereocenters. The number of Topliss-reactive ketones (excluding diaryl/α,β-unsaturated/α-hetero) is 1. The number of aromatic nitrogens is 1. The maximum absolute atomic E-state index is 12.1. The SMILES string of the molecule is COCCCC(=O)c1cccc2ncccc12. The van der Waals surface area contributed by atoms with Gasteiger partial charge in [0.2, 0.25) is 0 Å². The maximum Gasteiger partial charge on any atom is 0.163 e. The molecule has 0 spiro atoms. The van der Waals surface area contributed by atoms with Gasteiger partial charge in [-0.05, 0) is 18.6 Å². The van der Waals surface area contributed by atoms with E-state index in [-0.39, 0.29) is 5.78 Å². The van der Waals surface area contributed by atoms with E-state index in [0.29, 0.717) is 13.0 Å². The number of hydrogen-bond acceptors (Lipinski definition) is 3. The van der Waals surface area contributed by atoms with Gasteiger partial charge in [0.15, 0.2) is 5.78 Å². The van der Waals surface area contributed by atoms with Crippen LogP contribution in [0.4, 0.5) is 0 Å². The number of nitrogens with zero attached hydrogens (tertiary/aromatic N) is 1. The third-order valence-electron chi connectivity index (χ3n) is 2.70. The largest absolute Gasteiger partial charge is 0.385 e.